The quantitative estimate of drug-likeness (QED) is 0.584. The molecule has 6 nitrogen and oxygen atoms in total. The highest BCUT2D eigenvalue weighted by Crippen LogP contribution is 2.48. The molecule has 3 fully saturated rings. The minimum absolute atomic E-state index is 0.0811. The van der Waals surface area contributed by atoms with Crippen molar-refractivity contribution in [2.24, 2.45) is 18.9 Å². The van der Waals surface area contributed by atoms with E-state index in [4.69, 9.17) is 0 Å². The first-order valence-corrected chi connectivity index (χ1v) is 10.3. The number of aryl methyl sites for hydroxylation is 1. The van der Waals surface area contributed by atoms with Crippen LogP contribution in [0.5, 0.6) is 0 Å². The van der Waals surface area contributed by atoms with Crippen molar-refractivity contribution in [3.8, 4) is 0 Å². The van der Waals surface area contributed by atoms with Gasteiger partial charge in [-0.05, 0) is 81.2 Å². The summed E-state index contributed by atoms with van der Waals surface area (Å²) in [4.78, 5) is 38.4. The highest BCUT2D eigenvalue weighted by atomic mass is 19.1. The zero-order valence-electron chi connectivity index (χ0n) is 17.6. The largest absolute Gasteiger partial charge is 0.346 e. The van der Waals surface area contributed by atoms with Gasteiger partial charge in [-0.1, -0.05) is 0 Å². The Morgan fingerprint density at radius 3 is 2.40 bits per heavy atom. The Kier molecular flexibility index (Phi) is 5.00. The first-order valence-electron chi connectivity index (χ1n) is 10.3. The van der Waals surface area contributed by atoms with Gasteiger partial charge in [0.1, 0.15) is 5.82 Å². The van der Waals surface area contributed by atoms with Gasteiger partial charge in [-0.25, -0.2) is 4.39 Å². The summed E-state index contributed by atoms with van der Waals surface area (Å²) >= 11 is 0. The van der Waals surface area contributed by atoms with Gasteiger partial charge in [0, 0.05) is 24.5 Å². The van der Waals surface area contributed by atoms with Crippen LogP contribution in [0.3, 0.4) is 0 Å². The number of ketones is 1. The maximum Gasteiger partial charge on any atom is 0.294 e. The molecule has 0 saturated heterocycles. The van der Waals surface area contributed by atoms with E-state index in [9.17, 15) is 18.8 Å². The number of carbonyl (C=O) groups excluding carboxylic acids is 3. The van der Waals surface area contributed by atoms with Crippen molar-refractivity contribution in [1.82, 2.24) is 9.88 Å². The fraction of sp³-hybridized carbons (Fsp3) is 0.435. The van der Waals surface area contributed by atoms with E-state index < -0.39 is 17.6 Å². The third-order valence-electron chi connectivity index (χ3n) is 6.74. The molecule has 1 atom stereocenters. The SMILES string of the molecule is Cc1cc(NC(=O)c2c(C)c(C(=O)C(=O)NC3CC4CC3C4)n(C)c2C)ccc1F. The number of aromatic nitrogens is 1. The smallest absolute Gasteiger partial charge is 0.294 e. The van der Waals surface area contributed by atoms with E-state index in [0.717, 1.165) is 19.3 Å². The lowest BCUT2D eigenvalue weighted by Crippen LogP contribution is -2.41. The molecule has 2 aromatic rings. The molecule has 3 saturated carbocycles. The van der Waals surface area contributed by atoms with E-state index in [1.807, 2.05) is 0 Å². The van der Waals surface area contributed by atoms with Crippen molar-refractivity contribution in [2.75, 3.05) is 5.32 Å². The Labute approximate surface area is 174 Å². The molecule has 3 aliphatic carbocycles. The maximum absolute atomic E-state index is 13.5. The Morgan fingerprint density at radius 1 is 1.10 bits per heavy atom. The highest BCUT2D eigenvalue weighted by Gasteiger charge is 2.45. The van der Waals surface area contributed by atoms with Crippen LogP contribution in [0.4, 0.5) is 10.1 Å². The van der Waals surface area contributed by atoms with Crippen molar-refractivity contribution in [3.05, 3.63) is 52.1 Å². The number of halogens is 1. The number of rotatable bonds is 5. The second-order valence-electron chi connectivity index (χ2n) is 8.65. The average Bonchev–Trinajstić information content (AvgIpc) is 3.29. The van der Waals surface area contributed by atoms with Crippen LogP contribution >= 0.6 is 0 Å². The number of nitrogens with one attached hydrogen (secondary N) is 2. The van der Waals surface area contributed by atoms with Crippen molar-refractivity contribution in [2.45, 2.75) is 46.1 Å². The molecule has 5 rings (SSSR count). The van der Waals surface area contributed by atoms with E-state index >= 15 is 0 Å². The molecule has 1 aromatic carbocycles. The Balaban J connectivity index is 1.55. The lowest BCUT2D eigenvalue weighted by molar-refractivity contribution is -0.117. The summed E-state index contributed by atoms with van der Waals surface area (Å²) in [6.07, 6.45) is 3.21. The fourth-order valence-electron chi connectivity index (χ4n) is 4.93. The Morgan fingerprint density at radius 2 is 1.80 bits per heavy atom. The molecule has 0 aliphatic heterocycles. The molecule has 158 valence electrons. The average molecular weight is 411 g/mol. The van der Waals surface area contributed by atoms with Gasteiger partial charge in [0.15, 0.2) is 0 Å². The van der Waals surface area contributed by atoms with Crippen LogP contribution in [0.15, 0.2) is 18.2 Å². The van der Waals surface area contributed by atoms with Gasteiger partial charge in [0.05, 0.1) is 11.3 Å². The van der Waals surface area contributed by atoms with Gasteiger partial charge in [0.25, 0.3) is 17.6 Å². The Hall–Kier alpha value is -2.96. The summed E-state index contributed by atoms with van der Waals surface area (Å²) in [5, 5.41) is 5.65. The van der Waals surface area contributed by atoms with E-state index in [2.05, 4.69) is 10.6 Å². The van der Waals surface area contributed by atoms with E-state index in [0.29, 0.717) is 39.9 Å². The van der Waals surface area contributed by atoms with Gasteiger partial charge >= 0.3 is 0 Å². The molecule has 2 bridgehead atoms. The molecule has 0 radical (unpaired) electrons. The van der Waals surface area contributed by atoms with Crippen molar-refractivity contribution in [1.29, 1.82) is 0 Å². The van der Waals surface area contributed by atoms with Crippen molar-refractivity contribution in [3.63, 3.8) is 0 Å². The second kappa shape index (κ2) is 7.38. The van der Waals surface area contributed by atoms with Crippen LogP contribution in [-0.4, -0.2) is 28.2 Å². The minimum atomic E-state index is -0.626. The lowest BCUT2D eigenvalue weighted by Gasteiger charge is -2.24. The summed E-state index contributed by atoms with van der Waals surface area (Å²) in [7, 11) is 1.67. The highest BCUT2D eigenvalue weighted by molar-refractivity contribution is 6.43. The molecule has 1 unspecified atom stereocenters. The Bertz CT molecular complexity index is 1070. The van der Waals surface area contributed by atoms with E-state index in [1.165, 1.54) is 12.1 Å². The van der Waals surface area contributed by atoms with E-state index in [1.54, 1.807) is 38.5 Å². The number of fused-ring (bicyclic) bond motifs is 1. The van der Waals surface area contributed by atoms with Crippen LogP contribution in [0, 0.1) is 38.4 Å². The predicted octanol–water partition coefficient (Wildman–Crippen LogP) is 3.44. The van der Waals surface area contributed by atoms with E-state index in [-0.39, 0.29) is 17.6 Å². The molecular weight excluding hydrogens is 385 g/mol. The number of nitrogens with zero attached hydrogens (tertiary/aromatic N) is 1. The van der Waals surface area contributed by atoms with Gasteiger partial charge < -0.3 is 15.2 Å². The number of hydrogen-bond donors (Lipinski definition) is 2. The molecule has 0 spiro atoms. The maximum atomic E-state index is 13.5. The normalized spacial score (nSPS) is 21.8. The predicted molar refractivity (Wildman–Crippen MR) is 111 cm³/mol. The number of hydrogen-bond acceptors (Lipinski definition) is 3. The third-order valence-corrected chi connectivity index (χ3v) is 6.74. The number of anilines is 1. The number of amides is 2. The first kappa shape index (κ1) is 20.3. The van der Waals surface area contributed by atoms with Crippen molar-refractivity contribution >= 4 is 23.3 Å². The monoisotopic (exact) mass is 411 g/mol. The molecule has 1 aromatic heterocycles. The van der Waals surface area contributed by atoms with Crippen LogP contribution in [0.1, 0.15) is 56.9 Å². The fourth-order valence-corrected chi connectivity index (χ4v) is 4.93. The molecule has 1 heterocycles. The lowest BCUT2D eigenvalue weighted by atomic mass is 9.84. The topological polar surface area (TPSA) is 80.2 Å². The van der Waals surface area contributed by atoms with Gasteiger partial charge in [-0.2, -0.15) is 0 Å². The molecule has 2 amide bonds. The number of carbonyl (C=O) groups is 3. The number of benzene rings is 1. The molecular formula is C23H26FN3O3. The zero-order valence-corrected chi connectivity index (χ0v) is 17.6. The second-order valence-corrected chi connectivity index (χ2v) is 8.65. The summed E-state index contributed by atoms with van der Waals surface area (Å²) in [6.45, 7) is 5.02. The van der Waals surface area contributed by atoms with Crippen LogP contribution < -0.4 is 10.6 Å². The van der Waals surface area contributed by atoms with Crippen molar-refractivity contribution < 1.29 is 18.8 Å². The summed E-state index contributed by atoms with van der Waals surface area (Å²) in [5.74, 6) is -0.819. The molecule has 30 heavy (non-hydrogen) atoms. The summed E-state index contributed by atoms with van der Waals surface area (Å²) in [5.41, 5.74) is 2.50. The molecule has 2 N–H and O–H groups in total. The molecule has 3 aliphatic rings. The van der Waals surface area contributed by atoms with Gasteiger partial charge in [-0.15, -0.1) is 0 Å². The third kappa shape index (κ3) is 3.32. The number of Topliss-reactive ketones (excluding diaryl/α,β-unsaturated/α-hetero) is 1. The standard InChI is InChI=1S/C23H26FN3O3/c1-11-7-16(5-6-17(11)24)25-22(29)19-12(2)20(27(4)13(19)3)21(28)23(30)26-18-10-14-8-15(18)9-14/h5-7,14-15,18H,8-10H2,1-4H3,(H,25,29)(H,26,30). The molecule has 7 heteroatoms. The minimum Gasteiger partial charge on any atom is -0.346 e. The summed E-state index contributed by atoms with van der Waals surface area (Å²) < 4.78 is 15.1. The van der Waals surface area contributed by atoms with Crippen LogP contribution in [-0.2, 0) is 11.8 Å². The first-order chi connectivity index (χ1) is 14.2. The zero-order chi connectivity index (χ0) is 21.7. The van der Waals surface area contributed by atoms with Gasteiger partial charge in [0.2, 0.25) is 0 Å². The van der Waals surface area contributed by atoms with Crippen LogP contribution in [0.25, 0.3) is 0 Å². The summed E-state index contributed by atoms with van der Waals surface area (Å²) in [6, 6.07) is 4.41. The van der Waals surface area contributed by atoms with Crippen LogP contribution in [0.2, 0.25) is 0 Å². The van der Waals surface area contributed by atoms with Gasteiger partial charge in [-0.3, -0.25) is 14.4 Å².